The predicted octanol–water partition coefficient (Wildman–Crippen LogP) is -0.585. The summed E-state index contributed by atoms with van der Waals surface area (Å²) in [5.41, 5.74) is 0. The van der Waals surface area contributed by atoms with Crippen molar-refractivity contribution >= 4 is 33.7 Å². The first-order valence-corrected chi connectivity index (χ1v) is 15.7. The Morgan fingerprint density at radius 3 is 1.62 bits per heavy atom. The van der Waals surface area contributed by atoms with Crippen LogP contribution in [0.3, 0.4) is 0 Å². The maximum absolute atomic E-state index is 2.53. The van der Waals surface area contributed by atoms with Crippen molar-refractivity contribution in [2.75, 3.05) is 42.3 Å². The van der Waals surface area contributed by atoms with Gasteiger partial charge in [0.2, 0.25) is 0 Å². The topological polar surface area (TPSA) is 9.49 Å². The molecule has 7 heteroatoms. The third kappa shape index (κ3) is 3.48. The van der Waals surface area contributed by atoms with Crippen molar-refractivity contribution in [2.24, 2.45) is 0 Å². The fourth-order valence-corrected chi connectivity index (χ4v) is 28.6. The van der Waals surface area contributed by atoms with Crippen LogP contribution < -0.4 is 15.8 Å². The van der Waals surface area contributed by atoms with Crippen molar-refractivity contribution in [3.8, 4) is 0 Å². The zero-order valence-electron chi connectivity index (χ0n) is 8.95. The average Bonchev–Trinajstić information content (AvgIpc) is 1.97. The molecule has 0 aromatic carbocycles. The zero-order chi connectivity index (χ0) is 10.6. The molecule has 0 unspecified atom stereocenters. The van der Waals surface area contributed by atoms with Gasteiger partial charge in [-0.05, 0) is 0 Å². The molecule has 3 nitrogen and oxygen atoms in total. The van der Waals surface area contributed by atoms with Crippen molar-refractivity contribution in [3.05, 3.63) is 0 Å². The Bertz CT molecular complexity index is 204. The maximum atomic E-state index is 2.53. The third-order valence-corrected chi connectivity index (χ3v) is 23.8. The second kappa shape index (κ2) is 6.52. The molecule has 0 bridgehead atoms. The van der Waals surface area contributed by atoms with Crippen LogP contribution in [0.4, 0.5) is 0 Å². The van der Waals surface area contributed by atoms with Crippen LogP contribution in [0.15, 0.2) is 0 Å². The first kappa shape index (κ1) is 15.0. The number of halogens is 2. The molecule has 13 heavy (non-hydrogen) atoms. The Morgan fingerprint density at radius 1 is 1.15 bits per heavy atom. The molecule has 0 aliphatic rings. The normalized spacial score (nSPS) is 13.0. The van der Waals surface area contributed by atoms with E-state index in [2.05, 4.69) is 83.1 Å². The van der Waals surface area contributed by atoms with E-state index in [1.807, 2.05) is 0 Å². The van der Waals surface area contributed by atoms with Crippen LogP contribution in [0, 0.1) is 0 Å². The van der Waals surface area contributed by atoms with Gasteiger partial charge < -0.3 is 0 Å². The van der Waals surface area contributed by atoms with Crippen LogP contribution in [0.2, 0.25) is 0 Å². The van der Waals surface area contributed by atoms with Gasteiger partial charge in [0.05, 0.1) is 0 Å². The molecule has 0 aliphatic heterocycles. The van der Waals surface area contributed by atoms with E-state index in [0.29, 0.717) is 0 Å². The van der Waals surface area contributed by atoms with Crippen molar-refractivity contribution in [1.29, 1.82) is 0 Å². The molecule has 0 saturated heterocycles. The Morgan fingerprint density at radius 2 is 1.54 bits per heavy atom. The summed E-state index contributed by atoms with van der Waals surface area (Å²) in [7, 11) is 15.2. The number of rotatable bonds is 4. The fourth-order valence-electron chi connectivity index (χ4n) is 1.29. The van der Waals surface area contributed by atoms with E-state index in [-0.39, 0.29) is 15.8 Å². The molecular formula is C6H18I2N3PS. The SMILES string of the molecule is CN(C)P(S[I-]I)(N(C)C)=[N+](C)C. The van der Waals surface area contributed by atoms with Crippen LogP contribution in [0.25, 0.3) is 0 Å². The van der Waals surface area contributed by atoms with Crippen molar-refractivity contribution in [3.63, 3.8) is 0 Å². The molecule has 82 valence electrons. The standard InChI is InChI=1S/C6H18I2N3PS/c1-9(2)12(10(3)4,11(5)6)13-8-7/h1-6H3. The summed E-state index contributed by atoms with van der Waals surface area (Å²) in [6.07, 6.45) is 0. The molecule has 0 amide bonds. The quantitative estimate of drug-likeness (QED) is 0.420. The molecule has 0 heterocycles. The number of hydrogen-bond acceptors (Lipinski definition) is 1. The molecule has 0 radical (unpaired) electrons. The van der Waals surface area contributed by atoms with Crippen LogP contribution in [0.5, 0.6) is 0 Å². The van der Waals surface area contributed by atoms with Crippen molar-refractivity contribution in [1.82, 2.24) is 9.34 Å². The summed E-state index contributed by atoms with van der Waals surface area (Å²) >= 11 is 2.76. The molecule has 0 aromatic heterocycles. The molecule has 0 N–H and O–H groups in total. The summed E-state index contributed by atoms with van der Waals surface area (Å²) in [5.74, 6) is 0. The fraction of sp³-hybridized carbons (Fsp3) is 1.00. The Hall–Kier alpha value is 1.96. The predicted molar refractivity (Wildman–Crippen MR) is 68.0 cm³/mol. The van der Waals surface area contributed by atoms with Crippen molar-refractivity contribution in [2.45, 2.75) is 0 Å². The molecular weight excluding hydrogens is 431 g/mol. The minimum absolute atomic E-state index is 0.228. The molecule has 0 aromatic rings. The van der Waals surface area contributed by atoms with Gasteiger partial charge in [0.15, 0.2) is 0 Å². The van der Waals surface area contributed by atoms with Gasteiger partial charge >= 0.3 is 106 Å². The van der Waals surface area contributed by atoms with Gasteiger partial charge in [0.25, 0.3) is 0 Å². The summed E-state index contributed by atoms with van der Waals surface area (Å²) < 4.78 is 7.11. The Kier molecular flexibility index (Phi) is 7.51. The van der Waals surface area contributed by atoms with Gasteiger partial charge in [-0.15, -0.1) is 0 Å². The summed E-state index contributed by atoms with van der Waals surface area (Å²) in [4.78, 5) is 0. The first-order chi connectivity index (χ1) is 5.89. The Labute approximate surface area is 104 Å². The van der Waals surface area contributed by atoms with Gasteiger partial charge in [-0.2, -0.15) is 0 Å². The second-order valence-corrected chi connectivity index (χ2v) is 20.0. The number of hydrogen-bond donors (Lipinski definition) is 0. The van der Waals surface area contributed by atoms with E-state index in [0.717, 1.165) is 0 Å². The van der Waals surface area contributed by atoms with Gasteiger partial charge in [-0.3, -0.25) is 0 Å². The first-order valence-electron chi connectivity index (χ1n) is 3.76. The van der Waals surface area contributed by atoms with Crippen molar-refractivity contribution < 1.29 is 20.2 Å². The molecule has 0 aliphatic carbocycles. The minimum atomic E-state index is -1.25. The van der Waals surface area contributed by atoms with E-state index in [1.165, 1.54) is 0 Å². The van der Waals surface area contributed by atoms with Crippen LogP contribution >= 0.6 is 33.7 Å². The monoisotopic (exact) mass is 449 g/mol. The van der Waals surface area contributed by atoms with Crippen LogP contribution in [0.1, 0.15) is 0 Å². The number of nitrogens with zero attached hydrogens (tertiary/aromatic N) is 3. The van der Waals surface area contributed by atoms with Gasteiger partial charge in [0.1, 0.15) is 0 Å². The zero-order valence-corrected chi connectivity index (χ0v) is 15.0. The molecule has 0 spiro atoms. The summed E-state index contributed by atoms with van der Waals surface area (Å²) in [5, 5.41) is 0. The van der Waals surface area contributed by atoms with E-state index >= 15 is 0 Å². The van der Waals surface area contributed by atoms with Crippen LogP contribution in [-0.2, 0) is 0 Å². The van der Waals surface area contributed by atoms with E-state index < -0.39 is 6.56 Å². The van der Waals surface area contributed by atoms with E-state index in [1.54, 1.807) is 0 Å². The molecule has 0 fully saturated rings. The summed E-state index contributed by atoms with van der Waals surface area (Å²) in [6, 6.07) is 0. The van der Waals surface area contributed by atoms with Crippen LogP contribution in [-0.4, -0.2) is 56.0 Å². The van der Waals surface area contributed by atoms with E-state index in [9.17, 15) is 0 Å². The van der Waals surface area contributed by atoms with Gasteiger partial charge in [0, 0.05) is 0 Å². The van der Waals surface area contributed by atoms with Gasteiger partial charge in [-0.25, -0.2) is 0 Å². The molecule has 0 rings (SSSR count). The summed E-state index contributed by atoms with van der Waals surface area (Å²) in [6.45, 7) is -1.25. The van der Waals surface area contributed by atoms with Gasteiger partial charge in [-0.1, -0.05) is 0 Å². The third-order valence-electron chi connectivity index (χ3n) is 1.68. The molecule has 0 saturated carbocycles. The second-order valence-electron chi connectivity index (χ2n) is 3.18. The molecule has 0 atom stereocenters. The average molecular weight is 449 g/mol. The van der Waals surface area contributed by atoms with E-state index in [4.69, 9.17) is 0 Å². The Balaban J connectivity index is 5.22.